The molecule has 1 aromatic carbocycles. The summed E-state index contributed by atoms with van der Waals surface area (Å²) in [7, 11) is 2.89. The van der Waals surface area contributed by atoms with Crippen LogP contribution in [0.3, 0.4) is 0 Å². The molecule has 1 rings (SSSR count). The molecule has 0 aliphatic carbocycles. The fourth-order valence-corrected chi connectivity index (χ4v) is 1.81. The lowest BCUT2D eigenvalue weighted by Crippen LogP contribution is -2.01. The molecule has 0 unspecified atom stereocenters. The molecule has 0 saturated carbocycles. The summed E-state index contributed by atoms with van der Waals surface area (Å²) in [6, 6.07) is 4.19. The van der Waals surface area contributed by atoms with Crippen LogP contribution < -0.4 is 4.74 Å². The second-order valence-corrected chi connectivity index (χ2v) is 5.86. The molecule has 3 nitrogen and oxygen atoms in total. The fourth-order valence-electron chi connectivity index (χ4n) is 1.10. The van der Waals surface area contributed by atoms with Crippen LogP contribution in [-0.2, 0) is 15.5 Å². The zero-order chi connectivity index (χ0) is 11.5. The molecule has 15 heavy (non-hydrogen) atoms. The van der Waals surface area contributed by atoms with Crippen LogP contribution in [0.15, 0.2) is 18.2 Å². The van der Waals surface area contributed by atoms with E-state index >= 15 is 0 Å². The van der Waals surface area contributed by atoms with Crippen molar-refractivity contribution in [2.75, 3.05) is 12.9 Å². The molecule has 0 amide bonds. The van der Waals surface area contributed by atoms with Crippen LogP contribution in [0, 0.1) is 5.82 Å². The van der Waals surface area contributed by atoms with Crippen molar-refractivity contribution in [1.82, 2.24) is 0 Å². The van der Waals surface area contributed by atoms with Crippen LogP contribution in [0.25, 0.3) is 0 Å². The van der Waals surface area contributed by atoms with Crippen molar-refractivity contribution in [2.24, 2.45) is 0 Å². The molecular formula is C9H10ClFO3S. The maximum Gasteiger partial charge on any atom is 0.232 e. The zero-order valence-electron chi connectivity index (χ0n) is 8.04. The lowest BCUT2D eigenvalue weighted by Gasteiger charge is -2.04. The van der Waals surface area contributed by atoms with Gasteiger partial charge in [-0.25, -0.2) is 12.8 Å². The Balaban J connectivity index is 2.79. The topological polar surface area (TPSA) is 43.4 Å². The fraction of sp³-hybridized carbons (Fsp3) is 0.333. The van der Waals surface area contributed by atoms with Gasteiger partial charge in [-0.1, -0.05) is 6.07 Å². The van der Waals surface area contributed by atoms with Crippen molar-refractivity contribution in [2.45, 2.75) is 6.42 Å². The van der Waals surface area contributed by atoms with Crippen LogP contribution in [0.4, 0.5) is 4.39 Å². The molecule has 1 aromatic rings. The molecule has 0 aromatic heterocycles. The molecule has 0 aliphatic heterocycles. The summed E-state index contributed by atoms with van der Waals surface area (Å²) in [5.41, 5.74) is 0.664. The predicted octanol–water partition coefficient (Wildman–Crippen LogP) is 1.95. The van der Waals surface area contributed by atoms with Gasteiger partial charge in [-0.05, 0) is 24.1 Å². The minimum absolute atomic E-state index is 0.0967. The third-order valence-corrected chi connectivity index (χ3v) is 3.00. The Hall–Kier alpha value is -0.810. The molecule has 0 bridgehead atoms. The SMILES string of the molecule is COc1cc(CCS(=O)(=O)Cl)ccc1F. The highest BCUT2D eigenvalue weighted by atomic mass is 35.7. The Kier molecular flexibility index (Phi) is 3.93. The minimum Gasteiger partial charge on any atom is -0.494 e. The summed E-state index contributed by atoms with van der Waals surface area (Å²) in [5, 5.41) is 0. The standard InChI is InChI=1S/C9H10ClFO3S/c1-14-9-6-7(2-3-8(9)11)4-5-15(10,12)13/h2-3,6H,4-5H2,1H3. The zero-order valence-corrected chi connectivity index (χ0v) is 9.61. The van der Waals surface area contributed by atoms with E-state index in [1.807, 2.05) is 0 Å². The van der Waals surface area contributed by atoms with Crippen LogP contribution in [0.5, 0.6) is 5.75 Å². The van der Waals surface area contributed by atoms with Gasteiger partial charge < -0.3 is 4.74 Å². The second kappa shape index (κ2) is 4.81. The summed E-state index contributed by atoms with van der Waals surface area (Å²) in [4.78, 5) is 0. The molecule has 0 fully saturated rings. The molecule has 6 heteroatoms. The largest absolute Gasteiger partial charge is 0.494 e. The third kappa shape index (κ3) is 4.05. The highest BCUT2D eigenvalue weighted by molar-refractivity contribution is 8.13. The van der Waals surface area contributed by atoms with Crippen molar-refractivity contribution in [3.63, 3.8) is 0 Å². The van der Waals surface area contributed by atoms with E-state index < -0.39 is 14.9 Å². The lowest BCUT2D eigenvalue weighted by atomic mass is 10.1. The number of aryl methyl sites for hydroxylation is 1. The van der Waals surface area contributed by atoms with E-state index in [0.717, 1.165) is 0 Å². The van der Waals surface area contributed by atoms with Crippen molar-refractivity contribution in [3.05, 3.63) is 29.6 Å². The summed E-state index contributed by atoms with van der Waals surface area (Å²) in [5.74, 6) is -0.557. The van der Waals surface area contributed by atoms with E-state index in [0.29, 0.717) is 5.56 Å². The normalized spacial score (nSPS) is 11.4. The van der Waals surface area contributed by atoms with E-state index in [2.05, 4.69) is 0 Å². The molecule has 0 aliphatic rings. The highest BCUT2D eigenvalue weighted by Gasteiger charge is 2.08. The maximum absolute atomic E-state index is 13.0. The number of ether oxygens (including phenoxy) is 1. The first-order chi connectivity index (χ1) is 6.92. The molecular weight excluding hydrogens is 243 g/mol. The van der Waals surface area contributed by atoms with Gasteiger partial charge in [0.25, 0.3) is 0 Å². The van der Waals surface area contributed by atoms with E-state index in [-0.39, 0.29) is 17.9 Å². The van der Waals surface area contributed by atoms with Crippen LogP contribution in [0.1, 0.15) is 5.56 Å². The van der Waals surface area contributed by atoms with E-state index in [1.165, 1.54) is 25.3 Å². The van der Waals surface area contributed by atoms with Gasteiger partial charge in [0, 0.05) is 10.7 Å². The minimum atomic E-state index is -3.51. The summed E-state index contributed by atoms with van der Waals surface area (Å²) >= 11 is 0. The van der Waals surface area contributed by atoms with Crippen LogP contribution in [0.2, 0.25) is 0 Å². The summed E-state index contributed by atoms with van der Waals surface area (Å²) < 4.78 is 39.1. The summed E-state index contributed by atoms with van der Waals surface area (Å²) in [6.07, 6.45) is 0.239. The van der Waals surface area contributed by atoms with Gasteiger partial charge in [0.2, 0.25) is 9.05 Å². The van der Waals surface area contributed by atoms with Crippen LogP contribution in [-0.4, -0.2) is 21.3 Å². The van der Waals surface area contributed by atoms with Gasteiger partial charge in [-0.15, -0.1) is 0 Å². The molecule has 0 spiro atoms. The van der Waals surface area contributed by atoms with Crippen LogP contribution >= 0.6 is 10.7 Å². The number of methoxy groups -OCH3 is 1. The Morgan fingerprint density at radius 2 is 2.13 bits per heavy atom. The Morgan fingerprint density at radius 3 is 2.67 bits per heavy atom. The van der Waals surface area contributed by atoms with E-state index in [4.69, 9.17) is 15.4 Å². The summed E-state index contributed by atoms with van der Waals surface area (Å²) in [6.45, 7) is 0. The van der Waals surface area contributed by atoms with Gasteiger partial charge in [0.1, 0.15) is 0 Å². The molecule has 0 N–H and O–H groups in total. The average molecular weight is 253 g/mol. The maximum atomic E-state index is 13.0. The van der Waals surface area contributed by atoms with Crippen molar-refractivity contribution in [3.8, 4) is 5.75 Å². The van der Waals surface area contributed by atoms with E-state index in [9.17, 15) is 12.8 Å². The molecule has 0 heterocycles. The molecule has 0 atom stereocenters. The van der Waals surface area contributed by atoms with Gasteiger partial charge in [-0.2, -0.15) is 0 Å². The predicted molar refractivity (Wildman–Crippen MR) is 56.3 cm³/mol. The van der Waals surface area contributed by atoms with Gasteiger partial charge in [0.15, 0.2) is 11.6 Å². The molecule has 0 saturated heterocycles. The first-order valence-corrected chi connectivity index (χ1v) is 6.65. The van der Waals surface area contributed by atoms with Gasteiger partial charge in [-0.3, -0.25) is 0 Å². The number of halogens is 2. The van der Waals surface area contributed by atoms with Crippen molar-refractivity contribution in [1.29, 1.82) is 0 Å². The van der Waals surface area contributed by atoms with E-state index in [1.54, 1.807) is 0 Å². The molecule has 0 radical (unpaired) electrons. The first-order valence-electron chi connectivity index (χ1n) is 4.17. The molecule has 84 valence electrons. The number of rotatable bonds is 4. The Morgan fingerprint density at radius 1 is 1.47 bits per heavy atom. The third-order valence-electron chi connectivity index (χ3n) is 1.85. The van der Waals surface area contributed by atoms with Gasteiger partial charge in [0.05, 0.1) is 12.9 Å². The first kappa shape index (κ1) is 12.3. The van der Waals surface area contributed by atoms with Crippen molar-refractivity contribution >= 4 is 19.7 Å². The lowest BCUT2D eigenvalue weighted by molar-refractivity contribution is 0.386. The Bertz CT molecular complexity index is 445. The van der Waals surface area contributed by atoms with Crippen molar-refractivity contribution < 1.29 is 17.5 Å². The monoisotopic (exact) mass is 252 g/mol. The number of hydrogen-bond acceptors (Lipinski definition) is 3. The Labute approximate surface area is 92.2 Å². The highest BCUT2D eigenvalue weighted by Crippen LogP contribution is 2.19. The smallest absolute Gasteiger partial charge is 0.232 e. The quantitative estimate of drug-likeness (QED) is 0.770. The number of hydrogen-bond donors (Lipinski definition) is 0. The second-order valence-electron chi connectivity index (χ2n) is 2.96. The number of benzene rings is 1. The average Bonchev–Trinajstić information content (AvgIpc) is 2.15. The van der Waals surface area contributed by atoms with Gasteiger partial charge >= 0.3 is 0 Å².